The monoisotopic (exact) mass is 236 g/mol. The first-order valence-electron chi connectivity index (χ1n) is 4.77. The molecule has 1 aliphatic rings. The van der Waals surface area contributed by atoms with Crippen LogP contribution in [0.15, 0.2) is 18.2 Å². The summed E-state index contributed by atoms with van der Waals surface area (Å²) < 4.78 is 62.8. The number of hydrogen-bond acceptors (Lipinski definition) is 0. The van der Waals surface area contributed by atoms with Crippen LogP contribution in [0, 0.1) is 6.92 Å². The molecule has 0 aromatic heterocycles. The second kappa shape index (κ2) is 3.18. The van der Waals surface area contributed by atoms with Crippen LogP contribution in [0.2, 0.25) is 0 Å². The topological polar surface area (TPSA) is 0 Å². The number of hydrogen-bond donors (Lipinski definition) is 0. The van der Waals surface area contributed by atoms with Gasteiger partial charge in [0.25, 0.3) is 5.92 Å². The van der Waals surface area contributed by atoms with E-state index in [4.69, 9.17) is 0 Å². The molecule has 0 spiro atoms. The van der Waals surface area contributed by atoms with Crippen molar-refractivity contribution < 1.29 is 22.0 Å². The van der Waals surface area contributed by atoms with Gasteiger partial charge in [-0.05, 0) is 24.6 Å². The number of halogens is 5. The highest BCUT2D eigenvalue weighted by molar-refractivity contribution is 5.37. The predicted molar refractivity (Wildman–Crippen MR) is 48.5 cm³/mol. The number of aryl methyl sites for hydroxylation is 1. The third kappa shape index (κ3) is 2.03. The van der Waals surface area contributed by atoms with Crippen LogP contribution >= 0.6 is 0 Å². The van der Waals surface area contributed by atoms with Gasteiger partial charge in [0.1, 0.15) is 0 Å². The van der Waals surface area contributed by atoms with Gasteiger partial charge in [-0.3, -0.25) is 0 Å². The van der Waals surface area contributed by atoms with Crippen molar-refractivity contribution in [1.29, 1.82) is 0 Å². The maximum absolute atomic E-state index is 12.8. The van der Waals surface area contributed by atoms with Gasteiger partial charge in [-0.25, -0.2) is 8.78 Å². The fraction of sp³-hybridized carbons (Fsp3) is 0.455. The quantitative estimate of drug-likeness (QED) is 0.643. The maximum atomic E-state index is 12.8. The van der Waals surface area contributed by atoms with Crippen molar-refractivity contribution in [3.63, 3.8) is 0 Å². The summed E-state index contributed by atoms with van der Waals surface area (Å²) in [6, 6.07) is 3.17. The molecule has 1 saturated carbocycles. The highest BCUT2D eigenvalue weighted by Gasteiger charge is 2.57. The van der Waals surface area contributed by atoms with Crippen LogP contribution in [0.3, 0.4) is 0 Å². The Hall–Kier alpha value is -1.13. The Morgan fingerprint density at radius 2 is 1.75 bits per heavy atom. The molecule has 0 saturated heterocycles. The van der Waals surface area contributed by atoms with E-state index < -0.39 is 23.6 Å². The summed E-state index contributed by atoms with van der Waals surface area (Å²) >= 11 is 0. The molecule has 1 aliphatic carbocycles. The standard InChI is InChI=1S/C11H9F5/c1-6-2-7(9-5-10(9,12)13)4-8(3-6)11(14,15)16/h2-4,9H,5H2,1H3. The first-order valence-corrected chi connectivity index (χ1v) is 4.77. The molecule has 1 aromatic carbocycles. The first kappa shape index (κ1) is 11.4. The minimum atomic E-state index is -4.48. The largest absolute Gasteiger partial charge is 0.416 e. The number of alkyl halides is 5. The van der Waals surface area contributed by atoms with Gasteiger partial charge in [-0.15, -0.1) is 0 Å². The Morgan fingerprint density at radius 3 is 2.19 bits per heavy atom. The van der Waals surface area contributed by atoms with E-state index in [1.807, 2.05) is 0 Å². The summed E-state index contributed by atoms with van der Waals surface area (Å²) in [5.74, 6) is -3.88. The average Bonchev–Trinajstić information content (AvgIpc) is 2.72. The molecule has 0 aliphatic heterocycles. The number of benzene rings is 1. The van der Waals surface area contributed by atoms with Gasteiger partial charge in [0.05, 0.1) is 11.5 Å². The van der Waals surface area contributed by atoms with E-state index in [2.05, 4.69) is 0 Å². The van der Waals surface area contributed by atoms with Crippen LogP contribution in [-0.2, 0) is 6.18 Å². The van der Waals surface area contributed by atoms with Gasteiger partial charge in [0, 0.05) is 6.42 Å². The highest BCUT2D eigenvalue weighted by Crippen LogP contribution is 2.56. The second-order valence-corrected chi connectivity index (χ2v) is 4.15. The smallest absolute Gasteiger partial charge is 0.206 e. The third-order valence-electron chi connectivity index (χ3n) is 2.66. The second-order valence-electron chi connectivity index (χ2n) is 4.15. The van der Waals surface area contributed by atoms with E-state index >= 15 is 0 Å². The van der Waals surface area contributed by atoms with Crippen molar-refractivity contribution in [3.8, 4) is 0 Å². The molecule has 1 atom stereocenters. The average molecular weight is 236 g/mol. The van der Waals surface area contributed by atoms with E-state index in [1.165, 1.54) is 13.0 Å². The molecule has 0 bridgehead atoms. The fourth-order valence-electron chi connectivity index (χ4n) is 1.75. The molecule has 1 aromatic rings. The van der Waals surface area contributed by atoms with Gasteiger partial charge in [0.2, 0.25) is 0 Å². The number of rotatable bonds is 1. The summed E-state index contributed by atoms with van der Waals surface area (Å²) in [5.41, 5.74) is -0.421. The van der Waals surface area contributed by atoms with Gasteiger partial charge in [-0.1, -0.05) is 11.6 Å². The normalized spacial score (nSPS) is 23.2. The summed E-state index contributed by atoms with van der Waals surface area (Å²) in [6.07, 6.45) is -4.83. The molecular formula is C11H9F5. The Labute approximate surface area is 89.1 Å². The lowest BCUT2D eigenvalue weighted by Gasteiger charge is -2.10. The molecule has 5 heteroatoms. The predicted octanol–water partition coefficient (Wildman–Crippen LogP) is 4.14. The van der Waals surface area contributed by atoms with Gasteiger partial charge < -0.3 is 0 Å². The highest BCUT2D eigenvalue weighted by atomic mass is 19.4. The van der Waals surface area contributed by atoms with E-state index in [9.17, 15) is 22.0 Å². The Bertz CT molecular complexity index is 419. The van der Waals surface area contributed by atoms with Crippen LogP contribution in [0.4, 0.5) is 22.0 Å². The minimum Gasteiger partial charge on any atom is -0.206 e. The summed E-state index contributed by atoms with van der Waals surface area (Å²) in [7, 11) is 0. The summed E-state index contributed by atoms with van der Waals surface area (Å²) in [4.78, 5) is 0. The lowest BCUT2D eigenvalue weighted by atomic mass is 10.0. The molecule has 0 nitrogen and oxygen atoms in total. The molecule has 16 heavy (non-hydrogen) atoms. The maximum Gasteiger partial charge on any atom is 0.416 e. The summed E-state index contributed by atoms with van der Waals surface area (Å²) in [5, 5.41) is 0. The van der Waals surface area contributed by atoms with Crippen molar-refractivity contribution >= 4 is 0 Å². The molecule has 2 rings (SSSR count). The van der Waals surface area contributed by atoms with Crippen molar-refractivity contribution in [2.45, 2.75) is 31.4 Å². The molecule has 88 valence electrons. The van der Waals surface area contributed by atoms with Crippen molar-refractivity contribution in [2.24, 2.45) is 0 Å². The molecule has 0 heterocycles. The van der Waals surface area contributed by atoms with Crippen molar-refractivity contribution in [1.82, 2.24) is 0 Å². The first-order chi connectivity index (χ1) is 7.20. The van der Waals surface area contributed by atoms with E-state index in [-0.39, 0.29) is 12.0 Å². The SMILES string of the molecule is Cc1cc(C2CC2(F)F)cc(C(F)(F)F)c1. The van der Waals surface area contributed by atoms with Crippen LogP contribution in [0.1, 0.15) is 29.0 Å². The van der Waals surface area contributed by atoms with E-state index in [1.54, 1.807) is 0 Å². The minimum absolute atomic E-state index is 0.0809. The van der Waals surface area contributed by atoms with Crippen LogP contribution in [0.5, 0.6) is 0 Å². The zero-order valence-electron chi connectivity index (χ0n) is 8.41. The van der Waals surface area contributed by atoms with E-state index in [0.717, 1.165) is 12.1 Å². The molecule has 0 N–H and O–H groups in total. The lowest BCUT2D eigenvalue weighted by molar-refractivity contribution is -0.137. The fourth-order valence-corrected chi connectivity index (χ4v) is 1.75. The van der Waals surface area contributed by atoms with Crippen molar-refractivity contribution in [3.05, 3.63) is 34.9 Å². The molecule has 0 amide bonds. The van der Waals surface area contributed by atoms with Crippen molar-refractivity contribution in [2.75, 3.05) is 0 Å². The van der Waals surface area contributed by atoms with Crippen LogP contribution < -0.4 is 0 Å². The molecule has 1 unspecified atom stereocenters. The Morgan fingerprint density at radius 1 is 1.19 bits per heavy atom. The zero-order chi connectivity index (χ0) is 12.1. The molecule has 0 radical (unpaired) electrons. The van der Waals surface area contributed by atoms with E-state index in [0.29, 0.717) is 5.56 Å². The van der Waals surface area contributed by atoms with Gasteiger partial charge in [0.15, 0.2) is 0 Å². The summed E-state index contributed by atoms with van der Waals surface area (Å²) in [6.45, 7) is 1.47. The lowest BCUT2D eigenvalue weighted by Crippen LogP contribution is -2.06. The van der Waals surface area contributed by atoms with Crippen LogP contribution in [-0.4, -0.2) is 5.92 Å². The van der Waals surface area contributed by atoms with Crippen LogP contribution in [0.25, 0.3) is 0 Å². The van der Waals surface area contributed by atoms with Gasteiger partial charge >= 0.3 is 6.18 Å². The zero-order valence-corrected chi connectivity index (χ0v) is 8.41. The third-order valence-corrected chi connectivity index (χ3v) is 2.66. The Kier molecular flexibility index (Phi) is 2.26. The Balaban J connectivity index is 2.38. The molecule has 1 fully saturated rings. The molecular weight excluding hydrogens is 227 g/mol. The van der Waals surface area contributed by atoms with Gasteiger partial charge in [-0.2, -0.15) is 13.2 Å².